The minimum atomic E-state index is -4.24. The van der Waals surface area contributed by atoms with E-state index in [1.165, 1.54) is 4.90 Å². The van der Waals surface area contributed by atoms with Crippen LogP contribution in [0, 0.1) is 6.92 Å². The van der Waals surface area contributed by atoms with E-state index in [0.29, 0.717) is 11.5 Å². The molecule has 8 nitrogen and oxygen atoms in total. The fourth-order valence-corrected chi connectivity index (χ4v) is 8.29. The largest absolute Gasteiger partial charge is 0.457 e. The molecule has 0 aliphatic heterocycles. The van der Waals surface area contributed by atoms with Gasteiger partial charge in [-0.05, 0) is 91.6 Å². The Balaban J connectivity index is 1.39. The average Bonchev–Trinajstić information content (AvgIpc) is 3.66. The fourth-order valence-electron chi connectivity index (χ4n) is 6.42. The van der Waals surface area contributed by atoms with Gasteiger partial charge >= 0.3 is 0 Å². The zero-order chi connectivity index (χ0) is 36.5. The fraction of sp³-hybridized carbons (Fsp3) is 0.238. The molecule has 1 saturated carbocycles. The minimum absolute atomic E-state index is 0.0311. The Hall–Kier alpha value is -4.93. The highest BCUT2D eigenvalue weighted by Crippen LogP contribution is 2.29. The monoisotopic (exact) mass is 779 g/mol. The minimum Gasteiger partial charge on any atom is -0.457 e. The van der Waals surface area contributed by atoms with Crippen LogP contribution >= 0.6 is 15.9 Å². The number of amides is 2. The number of hydrogen-bond donors (Lipinski definition) is 1. The van der Waals surface area contributed by atoms with Crippen LogP contribution in [-0.2, 0) is 32.6 Å². The number of para-hydroxylation sites is 1. The lowest BCUT2D eigenvalue weighted by atomic mass is 10.0. The molecule has 1 aliphatic carbocycles. The van der Waals surface area contributed by atoms with Crippen LogP contribution in [0.3, 0.4) is 0 Å². The molecule has 10 heteroatoms. The Bertz CT molecular complexity index is 2060. The highest BCUT2D eigenvalue weighted by atomic mass is 79.9. The van der Waals surface area contributed by atoms with E-state index in [0.717, 1.165) is 51.2 Å². The van der Waals surface area contributed by atoms with Gasteiger partial charge in [0.1, 0.15) is 24.1 Å². The SMILES string of the molecule is Cc1ccc(S(=O)(=O)N(CC(=O)N(Cc2cccc(Br)c2)[C@H](Cc2ccccc2)C(=O)NC2CCCC2)c2ccc(Oc3ccccc3)cc2)cc1. The summed E-state index contributed by atoms with van der Waals surface area (Å²) < 4.78 is 36.8. The number of benzene rings is 5. The third-order valence-electron chi connectivity index (χ3n) is 9.21. The van der Waals surface area contributed by atoms with Crippen molar-refractivity contribution in [1.29, 1.82) is 0 Å². The Kier molecular flexibility index (Phi) is 12.1. The summed E-state index contributed by atoms with van der Waals surface area (Å²) in [7, 11) is -4.24. The van der Waals surface area contributed by atoms with Crippen LogP contribution in [0.4, 0.5) is 5.69 Å². The Morgan fingerprint density at radius 3 is 2.06 bits per heavy atom. The summed E-state index contributed by atoms with van der Waals surface area (Å²) in [6.45, 7) is 1.44. The summed E-state index contributed by atoms with van der Waals surface area (Å²) in [6, 6.07) is 38.7. The summed E-state index contributed by atoms with van der Waals surface area (Å²) in [5.74, 6) is 0.382. The first-order valence-electron chi connectivity index (χ1n) is 17.5. The number of aryl methyl sites for hydroxylation is 1. The molecule has 0 unspecified atom stereocenters. The lowest BCUT2D eigenvalue weighted by Crippen LogP contribution is -2.54. The van der Waals surface area contributed by atoms with Crippen LogP contribution in [0.15, 0.2) is 143 Å². The van der Waals surface area contributed by atoms with Gasteiger partial charge < -0.3 is 15.0 Å². The molecular weight excluding hydrogens is 738 g/mol. The molecule has 1 aliphatic rings. The van der Waals surface area contributed by atoms with Crippen molar-refractivity contribution in [2.75, 3.05) is 10.8 Å². The number of sulfonamides is 1. The van der Waals surface area contributed by atoms with Crippen molar-refractivity contribution in [2.24, 2.45) is 0 Å². The van der Waals surface area contributed by atoms with Crippen LogP contribution in [0.25, 0.3) is 0 Å². The average molecular weight is 781 g/mol. The number of anilines is 1. The van der Waals surface area contributed by atoms with Gasteiger partial charge in [0.25, 0.3) is 10.0 Å². The number of rotatable bonds is 14. The maximum Gasteiger partial charge on any atom is 0.264 e. The first-order valence-corrected chi connectivity index (χ1v) is 19.7. The van der Waals surface area contributed by atoms with E-state index in [1.54, 1.807) is 48.5 Å². The lowest BCUT2D eigenvalue weighted by Gasteiger charge is -2.34. The van der Waals surface area contributed by atoms with E-state index in [4.69, 9.17) is 4.74 Å². The number of ether oxygens (including phenoxy) is 1. The predicted molar refractivity (Wildman–Crippen MR) is 208 cm³/mol. The predicted octanol–water partition coefficient (Wildman–Crippen LogP) is 8.44. The first-order chi connectivity index (χ1) is 25.2. The molecule has 0 aromatic heterocycles. The molecule has 0 bridgehead atoms. The zero-order valence-corrected chi connectivity index (χ0v) is 31.4. The van der Waals surface area contributed by atoms with Crippen molar-refractivity contribution in [3.8, 4) is 11.5 Å². The molecule has 0 heterocycles. The number of nitrogens with zero attached hydrogens (tertiary/aromatic N) is 2. The zero-order valence-electron chi connectivity index (χ0n) is 29.0. The second-order valence-electron chi connectivity index (χ2n) is 13.1. The van der Waals surface area contributed by atoms with Gasteiger partial charge in [0.05, 0.1) is 10.6 Å². The Morgan fingerprint density at radius 1 is 0.788 bits per heavy atom. The Labute approximate surface area is 314 Å². The van der Waals surface area contributed by atoms with E-state index in [9.17, 15) is 18.0 Å². The van der Waals surface area contributed by atoms with Crippen LogP contribution in [0.2, 0.25) is 0 Å². The van der Waals surface area contributed by atoms with E-state index >= 15 is 0 Å². The van der Waals surface area contributed by atoms with Gasteiger partial charge in [-0.3, -0.25) is 13.9 Å². The van der Waals surface area contributed by atoms with Crippen LogP contribution in [0.1, 0.15) is 42.4 Å². The molecule has 1 N–H and O–H groups in total. The van der Waals surface area contributed by atoms with Gasteiger partial charge in [-0.2, -0.15) is 0 Å². The molecule has 5 aromatic rings. The van der Waals surface area contributed by atoms with Crippen molar-refractivity contribution in [3.63, 3.8) is 0 Å². The summed E-state index contributed by atoms with van der Waals surface area (Å²) in [5, 5.41) is 3.22. The van der Waals surface area contributed by atoms with Crippen molar-refractivity contribution < 1.29 is 22.7 Å². The summed E-state index contributed by atoms with van der Waals surface area (Å²) in [5.41, 5.74) is 2.87. The van der Waals surface area contributed by atoms with Gasteiger partial charge in [0.2, 0.25) is 11.8 Å². The molecule has 6 rings (SSSR count). The second kappa shape index (κ2) is 17.1. The number of hydrogen-bond acceptors (Lipinski definition) is 5. The normalized spacial score (nSPS) is 13.7. The molecule has 2 amide bonds. The van der Waals surface area contributed by atoms with Gasteiger partial charge in [-0.15, -0.1) is 0 Å². The van der Waals surface area contributed by atoms with Gasteiger partial charge in [0, 0.05) is 23.5 Å². The van der Waals surface area contributed by atoms with Gasteiger partial charge in [0.15, 0.2) is 0 Å². The molecule has 268 valence electrons. The highest BCUT2D eigenvalue weighted by molar-refractivity contribution is 9.10. The summed E-state index contributed by atoms with van der Waals surface area (Å²) >= 11 is 3.54. The molecule has 0 spiro atoms. The van der Waals surface area contributed by atoms with Crippen molar-refractivity contribution in [2.45, 2.75) is 62.6 Å². The topological polar surface area (TPSA) is 96.0 Å². The molecule has 52 heavy (non-hydrogen) atoms. The van der Waals surface area contributed by atoms with Gasteiger partial charge in [-0.25, -0.2) is 8.42 Å². The van der Waals surface area contributed by atoms with E-state index < -0.39 is 28.5 Å². The molecule has 5 aromatic carbocycles. The second-order valence-corrected chi connectivity index (χ2v) is 15.9. The number of carbonyl (C=O) groups is 2. The summed E-state index contributed by atoms with van der Waals surface area (Å²) in [4.78, 5) is 30.7. The quantitative estimate of drug-likeness (QED) is 0.122. The number of carbonyl (C=O) groups excluding carboxylic acids is 2. The van der Waals surface area contributed by atoms with Crippen molar-refractivity contribution in [1.82, 2.24) is 10.2 Å². The standard InChI is InChI=1S/C42H42BrN3O5S/c1-31-19-25-39(26-20-31)52(49,50)46(36-21-23-38(24-22-36)51-37-17-6-3-7-18-37)30-41(47)45(29-33-13-10-14-34(43)27-33)40(28-32-11-4-2-5-12-32)42(48)44-35-15-8-9-16-35/h2-7,10-14,17-27,35,40H,8-9,15-16,28-30H2,1H3,(H,44,48)/t40-/m1/s1. The third-order valence-corrected chi connectivity index (χ3v) is 11.5. The van der Waals surface area contributed by atoms with Crippen LogP contribution in [0.5, 0.6) is 11.5 Å². The van der Waals surface area contributed by atoms with Crippen molar-refractivity contribution in [3.05, 3.63) is 155 Å². The smallest absolute Gasteiger partial charge is 0.264 e. The molecular formula is C42H42BrN3O5S. The number of nitrogens with one attached hydrogen (secondary N) is 1. The molecule has 0 saturated heterocycles. The Morgan fingerprint density at radius 2 is 1.40 bits per heavy atom. The first kappa shape index (κ1) is 36.8. The van der Waals surface area contributed by atoms with E-state index in [1.807, 2.05) is 91.9 Å². The van der Waals surface area contributed by atoms with E-state index in [-0.39, 0.29) is 35.5 Å². The van der Waals surface area contributed by atoms with Gasteiger partial charge in [-0.1, -0.05) is 107 Å². The van der Waals surface area contributed by atoms with Crippen LogP contribution in [-0.4, -0.2) is 43.8 Å². The maximum atomic E-state index is 14.8. The number of halogens is 1. The lowest BCUT2D eigenvalue weighted by molar-refractivity contribution is -0.140. The molecule has 0 radical (unpaired) electrons. The molecule has 1 fully saturated rings. The maximum absolute atomic E-state index is 14.8. The highest BCUT2D eigenvalue weighted by Gasteiger charge is 2.35. The third kappa shape index (κ3) is 9.48. The molecule has 1 atom stereocenters. The van der Waals surface area contributed by atoms with Crippen LogP contribution < -0.4 is 14.4 Å². The van der Waals surface area contributed by atoms with E-state index in [2.05, 4.69) is 21.2 Å². The summed E-state index contributed by atoms with van der Waals surface area (Å²) in [6.07, 6.45) is 4.10. The van der Waals surface area contributed by atoms with Crippen molar-refractivity contribution >= 4 is 43.5 Å².